The lowest BCUT2D eigenvalue weighted by Crippen LogP contribution is -2.10. The van der Waals surface area contributed by atoms with E-state index in [4.69, 9.17) is 11.6 Å². The Labute approximate surface area is 134 Å². The molecule has 0 unspecified atom stereocenters. The highest BCUT2D eigenvalue weighted by atomic mass is 35.5. The number of nitro groups is 1. The number of thiophene rings is 1. The lowest BCUT2D eigenvalue weighted by molar-refractivity contribution is -0.384. The van der Waals surface area contributed by atoms with Gasteiger partial charge in [-0.25, -0.2) is 0 Å². The van der Waals surface area contributed by atoms with Crippen LogP contribution in [0, 0.1) is 10.1 Å². The second kappa shape index (κ2) is 5.75. The van der Waals surface area contributed by atoms with E-state index in [1.165, 1.54) is 35.6 Å². The van der Waals surface area contributed by atoms with Gasteiger partial charge >= 0.3 is 0 Å². The number of nitrogens with zero attached hydrogens (tertiary/aromatic N) is 1. The molecule has 0 fully saturated rings. The monoisotopic (exact) mass is 332 g/mol. The fourth-order valence-corrected chi connectivity index (χ4v) is 3.43. The van der Waals surface area contributed by atoms with E-state index in [1.54, 1.807) is 0 Å². The van der Waals surface area contributed by atoms with E-state index < -0.39 is 4.92 Å². The largest absolute Gasteiger partial charge is 0.321 e. The lowest BCUT2D eigenvalue weighted by atomic mass is 10.2. The number of carbonyl (C=O) groups is 1. The number of nitrogens with one attached hydrogen (secondary N) is 1. The zero-order valence-corrected chi connectivity index (χ0v) is 12.6. The Balaban J connectivity index is 1.87. The Bertz CT molecular complexity index is 874. The van der Waals surface area contributed by atoms with E-state index in [2.05, 4.69) is 5.32 Å². The summed E-state index contributed by atoms with van der Waals surface area (Å²) in [7, 11) is 0. The number of hydrogen-bond donors (Lipinski definition) is 1. The Morgan fingerprint density at radius 2 is 1.82 bits per heavy atom. The summed E-state index contributed by atoms with van der Waals surface area (Å²) in [6.45, 7) is 0. The fraction of sp³-hybridized carbons (Fsp3) is 0. The van der Waals surface area contributed by atoms with Crippen molar-refractivity contribution in [3.63, 3.8) is 0 Å². The van der Waals surface area contributed by atoms with E-state index >= 15 is 0 Å². The van der Waals surface area contributed by atoms with Gasteiger partial charge in [0.05, 0.1) is 9.95 Å². The number of non-ortho nitro benzene ring substituents is 1. The highest BCUT2D eigenvalue weighted by Crippen LogP contribution is 2.35. The minimum absolute atomic E-state index is 0.0297. The van der Waals surface area contributed by atoms with Crippen molar-refractivity contribution in [1.82, 2.24) is 0 Å². The van der Waals surface area contributed by atoms with Crippen LogP contribution in [-0.2, 0) is 0 Å². The smallest absolute Gasteiger partial charge is 0.269 e. The van der Waals surface area contributed by atoms with Crippen LogP contribution in [-0.4, -0.2) is 10.8 Å². The second-order valence-electron chi connectivity index (χ2n) is 4.50. The first-order valence-corrected chi connectivity index (χ1v) is 7.48. The van der Waals surface area contributed by atoms with Crippen LogP contribution in [0.25, 0.3) is 10.1 Å². The van der Waals surface area contributed by atoms with Crippen molar-refractivity contribution in [2.24, 2.45) is 0 Å². The molecular weight excluding hydrogens is 324 g/mol. The molecule has 3 aromatic rings. The van der Waals surface area contributed by atoms with Gasteiger partial charge in [-0.15, -0.1) is 11.3 Å². The molecule has 3 rings (SSSR count). The third-order valence-electron chi connectivity index (χ3n) is 3.08. The molecule has 0 spiro atoms. The molecule has 110 valence electrons. The zero-order valence-electron chi connectivity index (χ0n) is 11.1. The maximum atomic E-state index is 12.3. The van der Waals surface area contributed by atoms with Crippen LogP contribution in [0.15, 0.2) is 48.5 Å². The number of anilines is 1. The summed E-state index contributed by atoms with van der Waals surface area (Å²) in [5.74, 6) is -0.333. The minimum atomic E-state index is -0.492. The Morgan fingerprint density at radius 3 is 2.45 bits per heavy atom. The fourth-order valence-electron chi connectivity index (χ4n) is 2.01. The van der Waals surface area contributed by atoms with Crippen LogP contribution in [0.4, 0.5) is 11.4 Å². The van der Waals surface area contributed by atoms with Crippen molar-refractivity contribution in [3.05, 3.63) is 68.5 Å². The summed E-state index contributed by atoms with van der Waals surface area (Å²) >= 11 is 7.55. The van der Waals surface area contributed by atoms with Gasteiger partial charge in [-0.1, -0.05) is 29.8 Å². The summed E-state index contributed by atoms with van der Waals surface area (Å²) in [6.07, 6.45) is 0. The quantitative estimate of drug-likeness (QED) is 0.557. The van der Waals surface area contributed by atoms with Crippen molar-refractivity contribution in [2.75, 3.05) is 5.32 Å². The molecule has 1 N–H and O–H groups in total. The Kier molecular flexibility index (Phi) is 3.79. The minimum Gasteiger partial charge on any atom is -0.321 e. The molecule has 0 radical (unpaired) electrons. The highest BCUT2D eigenvalue weighted by Gasteiger charge is 2.17. The van der Waals surface area contributed by atoms with Gasteiger partial charge in [0.1, 0.15) is 4.88 Å². The summed E-state index contributed by atoms with van der Waals surface area (Å²) in [5.41, 5.74) is 0.446. The first-order chi connectivity index (χ1) is 10.6. The van der Waals surface area contributed by atoms with Gasteiger partial charge in [-0.05, 0) is 18.2 Å². The van der Waals surface area contributed by atoms with Gasteiger partial charge in [0.15, 0.2) is 0 Å². The van der Waals surface area contributed by atoms with Gasteiger partial charge in [0.25, 0.3) is 11.6 Å². The summed E-state index contributed by atoms with van der Waals surface area (Å²) in [6, 6.07) is 13.1. The molecular formula is C15H9ClN2O3S. The maximum absolute atomic E-state index is 12.3. The summed E-state index contributed by atoms with van der Waals surface area (Å²) < 4.78 is 0.932. The number of benzene rings is 2. The zero-order chi connectivity index (χ0) is 15.7. The predicted octanol–water partition coefficient (Wildman–Crippen LogP) is 4.72. The van der Waals surface area contributed by atoms with Crippen molar-refractivity contribution in [3.8, 4) is 0 Å². The summed E-state index contributed by atoms with van der Waals surface area (Å²) in [5, 5.41) is 14.5. The van der Waals surface area contributed by atoms with Crippen molar-refractivity contribution in [2.45, 2.75) is 0 Å². The molecule has 1 amide bonds. The number of nitro benzene ring substituents is 1. The molecule has 1 aromatic heterocycles. The molecule has 0 aliphatic rings. The number of rotatable bonds is 3. The van der Waals surface area contributed by atoms with Crippen LogP contribution < -0.4 is 5.32 Å². The Morgan fingerprint density at radius 1 is 1.14 bits per heavy atom. The molecule has 0 bridgehead atoms. The molecule has 7 heteroatoms. The molecule has 0 aliphatic heterocycles. The number of fused-ring (bicyclic) bond motifs is 1. The van der Waals surface area contributed by atoms with E-state index in [1.807, 2.05) is 24.3 Å². The maximum Gasteiger partial charge on any atom is 0.269 e. The van der Waals surface area contributed by atoms with Crippen molar-refractivity contribution < 1.29 is 9.72 Å². The molecule has 22 heavy (non-hydrogen) atoms. The van der Waals surface area contributed by atoms with E-state index in [9.17, 15) is 14.9 Å². The molecule has 0 saturated heterocycles. The van der Waals surface area contributed by atoms with Gasteiger partial charge in [-0.2, -0.15) is 0 Å². The third-order valence-corrected chi connectivity index (χ3v) is 4.75. The van der Waals surface area contributed by atoms with Gasteiger partial charge in [0, 0.05) is 27.9 Å². The van der Waals surface area contributed by atoms with Crippen LogP contribution in [0.5, 0.6) is 0 Å². The summed E-state index contributed by atoms with van der Waals surface area (Å²) in [4.78, 5) is 22.8. The highest BCUT2D eigenvalue weighted by molar-refractivity contribution is 7.21. The number of hydrogen-bond acceptors (Lipinski definition) is 4. The van der Waals surface area contributed by atoms with E-state index in [0.29, 0.717) is 15.6 Å². The van der Waals surface area contributed by atoms with Gasteiger partial charge in [0.2, 0.25) is 0 Å². The number of amides is 1. The lowest BCUT2D eigenvalue weighted by Gasteiger charge is -2.03. The third kappa shape index (κ3) is 2.66. The molecule has 0 atom stereocenters. The molecule has 0 saturated carbocycles. The standard InChI is InChI=1S/C15H9ClN2O3S/c16-13-11-3-1-2-4-12(11)22-14(13)15(19)17-9-5-7-10(8-6-9)18(20)21/h1-8H,(H,17,19). The molecule has 5 nitrogen and oxygen atoms in total. The Hall–Kier alpha value is -2.44. The van der Waals surface area contributed by atoms with Crippen LogP contribution in [0.1, 0.15) is 9.67 Å². The van der Waals surface area contributed by atoms with Crippen LogP contribution >= 0.6 is 22.9 Å². The van der Waals surface area contributed by atoms with Crippen LogP contribution in [0.3, 0.4) is 0 Å². The first kappa shape index (κ1) is 14.5. The van der Waals surface area contributed by atoms with E-state index in [0.717, 1.165) is 10.1 Å². The van der Waals surface area contributed by atoms with Crippen molar-refractivity contribution >= 4 is 50.3 Å². The van der Waals surface area contributed by atoms with Gasteiger partial charge in [-0.3, -0.25) is 14.9 Å². The molecule has 1 heterocycles. The predicted molar refractivity (Wildman–Crippen MR) is 87.9 cm³/mol. The number of carbonyl (C=O) groups excluding carboxylic acids is 1. The second-order valence-corrected chi connectivity index (χ2v) is 5.93. The first-order valence-electron chi connectivity index (χ1n) is 6.29. The van der Waals surface area contributed by atoms with Crippen LogP contribution in [0.2, 0.25) is 5.02 Å². The van der Waals surface area contributed by atoms with Crippen molar-refractivity contribution in [1.29, 1.82) is 0 Å². The molecule has 2 aromatic carbocycles. The average molecular weight is 333 g/mol. The van der Waals surface area contributed by atoms with E-state index in [-0.39, 0.29) is 11.6 Å². The normalized spacial score (nSPS) is 10.6. The van der Waals surface area contributed by atoms with Gasteiger partial charge < -0.3 is 5.32 Å². The SMILES string of the molecule is O=C(Nc1ccc([N+](=O)[O-])cc1)c1sc2ccccc2c1Cl. The average Bonchev–Trinajstić information content (AvgIpc) is 2.85. The topological polar surface area (TPSA) is 72.2 Å². The number of halogens is 1. The molecule has 0 aliphatic carbocycles.